The van der Waals surface area contributed by atoms with Crippen LogP contribution in [-0.2, 0) is 14.6 Å². The van der Waals surface area contributed by atoms with E-state index in [0.717, 1.165) is 31.4 Å². The predicted octanol–water partition coefficient (Wildman–Crippen LogP) is 3.70. The van der Waals surface area contributed by atoms with Gasteiger partial charge in [0.1, 0.15) is 0 Å². The van der Waals surface area contributed by atoms with Crippen LogP contribution in [0, 0.1) is 0 Å². The highest BCUT2D eigenvalue weighted by atomic mass is 35.5. The topological polar surface area (TPSA) is 83.5 Å². The molecule has 1 aromatic rings. The first-order valence-electron chi connectivity index (χ1n) is 8.01. The molecule has 1 aliphatic rings. The number of alkyl halides is 3. The van der Waals surface area contributed by atoms with Gasteiger partial charge in [-0.05, 0) is 38.0 Å². The molecular weight excluding hydrogens is 395 g/mol. The Morgan fingerprint density at radius 3 is 2.31 bits per heavy atom. The zero-order valence-electron chi connectivity index (χ0n) is 13.9. The van der Waals surface area contributed by atoms with Gasteiger partial charge in [-0.3, -0.25) is 4.79 Å². The summed E-state index contributed by atoms with van der Waals surface area (Å²) in [7, 11) is -3.61. The Hall–Kier alpha value is -1.32. The van der Waals surface area contributed by atoms with Gasteiger partial charge >= 0.3 is 6.18 Å². The molecule has 26 heavy (non-hydrogen) atoms. The number of sulfone groups is 1. The maximum absolute atomic E-state index is 12.7. The fourth-order valence-electron chi connectivity index (χ4n) is 2.71. The molecule has 10 heteroatoms. The number of hydrogen-bond donors (Lipinski definition) is 2. The number of anilines is 1. The molecule has 1 saturated carbocycles. The van der Waals surface area contributed by atoms with Gasteiger partial charge in [-0.15, -0.1) is 0 Å². The molecule has 0 aliphatic heterocycles. The van der Waals surface area contributed by atoms with Crippen LogP contribution >= 0.6 is 11.6 Å². The summed E-state index contributed by atoms with van der Waals surface area (Å²) < 4.78 is 63.3. The van der Waals surface area contributed by atoms with Crippen molar-refractivity contribution in [2.24, 2.45) is 0 Å². The van der Waals surface area contributed by atoms with Crippen LogP contribution in [0.5, 0.6) is 0 Å². The van der Waals surface area contributed by atoms with Gasteiger partial charge in [0.2, 0.25) is 5.60 Å². The molecule has 0 aromatic heterocycles. The van der Waals surface area contributed by atoms with Crippen molar-refractivity contribution >= 4 is 33.0 Å². The highest BCUT2D eigenvalue weighted by Crippen LogP contribution is 2.34. The second-order valence-corrected chi connectivity index (χ2v) is 9.11. The van der Waals surface area contributed by atoms with Gasteiger partial charge < -0.3 is 10.4 Å². The van der Waals surface area contributed by atoms with Gasteiger partial charge in [-0.2, -0.15) is 13.2 Å². The summed E-state index contributed by atoms with van der Waals surface area (Å²) in [5.41, 5.74) is -3.83. The highest BCUT2D eigenvalue weighted by molar-refractivity contribution is 7.92. The van der Waals surface area contributed by atoms with E-state index in [1.807, 2.05) is 5.32 Å². The minimum Gasteiger partial charge on any atom is -0.373 e. The van der Waals surface area contributed by atoms with Crippen LogP contribution in [0.3, 0.4) is 0 Å². The van der Waals surface area contributed by atoms with E-state index in [1.165, 1.54) is 6.07 Å². The number of carbonyl (C=O) groups is 1. The molecule has 1 aromatic carbocycles. The van der Waals surface area contributed by atoms with Crippen molar-refractivity contribution in [3.63, 3.8) is 0 Å². The van der Waals surface area contributed by atoms with E-state index in [-0.39, 0.29) is 15.6 Å². The molecule has 0 saturated heterocycles. The molecule has 0 bridgehead atoms. The fraction of sp³-hybridized carbons (Fsp3) is 0.562. The zero-order valence-corrected chi connectivity index (χ0v) is 15.5. The standard InChI is InChI=1S/C16H19ClF3NO4S/c1-15(23,16(18,19)20)14(22)21-13-8-7-11(9-12(13)17)26(24,25)10-5-3-2-4-6-10/h7-10,23H,2-6H2,1H3,(H,21,22). The van der Waals surface area contributed by atoms with Gasteiger partial charge in [0.15, 0.2) is 9.84 Å². The molecule has 1 unspecified atom stereocenters. The lowest BCUT2D eigenvalue weighted by atomic mass is 10.0. The summed E-state index contributed by atoms with van der Waals surface area (Å²) in [4.78, 5) is 11.7. The number of carbonyl (C=O) groups excluding carboxylic acids is 1. The lowest BCUT2D eigenvalue weighted by Crippen LogP contribution is -2.52. The van der Waals surface area contributed by atoms with Gasteiger partial charge in [0, 0.05) is 0 Å². The number of aliphatic hydroxyl groups is 1. The van der Waals surface area contributed by atoms with E-state index in [2.05, 4.69) is 0 Å². The number of halogens is 4. The number of benzene rings is 1. The molecule has 0 heterocycles. The molecular formula is C16H19ClF3NO4S. The van der Waals surface area contributed by atoms with Crippen molar-refractivity contribution in [2.75, 3.05) is 5.32 Å². The first-order valence-corrected chi connectivity index (χ1v) is 9.94. The number of hydrogen-bond acceptors (Lipinski definition) is 4. The molecule has 1 aliphatic carbocycles. The maximum Gasteiger partial charge on any atom is 0.426 e. The van der Waals surface area contributed by atoms with Crippen molar-refractivity contribution in [3.8, 4) is 0 Å². The molecule has 1 amide bonds. The normalized spacial score (nSPS) is 19.0. The minimum absolute atomic E-state index is 0.0463. The highest BCUT2D eigenvalue weighted by Gasteiger charge is 2.55. The second-order valence-electron chi connectivity index (χ2n) is 6.47. The molecule has 5 nitrogen and oxygen atoms in total. The lowest BCUT2D eigenvalue weighted by molar-refractivity contribution is -0.242. The van der Waals surface area contributed by atoms with Gasteiger partial charge in [0.05, 0.1) is 20.9 Å². The van der Waals surface area contributed by atoms with Gasteiger partial charge in [0.25, 0.3) is 5.91 Å². The smallest absolute Gasteiger partial charge is 0.373 e. The van der Waals surface area contributed by atoms with Crippen molar-refractivity contribution in [1.82, 2.24) is 0 Å². The van der Waals surface area contributed by atoms with Crippen LogP contribution in [0.1, 0.15) is 39.0 Å². The summed E-state index contributed by atoms with van der Waals surface area (Å²) in [5.74, 6) is -1.71. The molecule has 0 radical (unpaired) electrons. The lowest BCUT2D eigenvalue weighted by Gasteiger charge is -2.25. The van der Waals surface area contributed by atoms with Crippen LogP contribution in [0.2, 0.25) is 5.02 Å². The minimum atomic E-state index is -5.17. The Balaban J connectivity index is 2.23. The quantitative estimate of drug-likeness (QED) is 0.788. The van der Waals surface area contributed by atoms with E-state index < -0.39 is 32.8 Å². The van der Waals surface area contributed by atoms with E-state index in [1.54, 1.807) is 0 Å². The number of rotatable bonds is 4. The molecule has 1 atom stereocenters. The van der Waals surface area contributed by atoms with E-state index in [9.17, 15) is 31.5 Å². The maximum atomic E-state index is 12.7. The van der Waals surface area contributed by atoms with Crippen LogP contribution < -0.4 is 5.32 Å². The summed E-state index contributed by atoms with van der Waals surface area (Å²) in [6.07, 6.45) is -1.46. The molecule has 2 N–H and O–H groups in total. The van der Waals surface area contributed by atoms with Crippen molar-refractivity contribution in [3.05, 3.63) is 23.2 Å². The summed E-state index contributed by atoms with van der Waals surface area (Å²) in [5, 5.41) is 10.5. The Morgan fingerprint density at radius 2 is 1.81 bits per heavy atom. The molecule has 146 valence electrons. The first-order chi connectivity index (χ1) is 11.9. The average molecular weight is 414 g/mol. The fourth-order valence-corrected chi connectivity index (χ4v) is 4.89. The van der Waals surface area contributed by atoms with E-state index >= 15 is 0 Å². The Bertz CT molecular complexity index is 787. The van der Waals surface area contributed by atoms with Crippen molar-refractivity contribution in [2.45, 2.75) is 61.0 Å². The Morgan fingerprint density at radius 1 is 1.23 bits per heavy atom. The molecule has 1 fully saturated rings. The van der Waals surface area contributed by atoms with E-state index in [4.69, 9.17) is 11.6 Å². The summed E-state index contributed by atoms with van der Waals surface area (Å²) >= 11 is 5.94. The summed E-state index contributed by atoms with van der Waals surface area (Å²) in [6.45, 7) is 0.318. The second kappa shape index (κ2) is 7.36. The van der Waals surface area contributed by atoms with Crippen molar-refractivity contribution in [1.29, 1.82) is 0 Å². The van der Waals surface area contributed by atoms with Crippen LogP contribution in [-0.4, -0.2) is 36.5 Å². The van der Waals surface area contributed by atoms with Gasteiger partial charge in [-0.25, -0.2) is 8.42 Å². The monoisotopic (exact) mass is 413 g/mol. The SMILES string of the molecule is CC(O)(C(=O)Nc1ccc(S(=O)(=O)C2CCCCC2)cc1Cl)C(F)(F)F. The third kappa shape index (κ3) is 4.15. The molecule has 0 spiro atoms. The third-order valence-corrected chi connectivity index (χ3v) is 7.08. The first kappa shape index (κ1) is 21.0. The number of amides is 1. The van der Waals surface area contributed by atoms with Gasteiger partial charge in [-0.1, -0.05) is 30.9 Å². The zero-order chi connectivity index (χ0) is 19.8. The van der Waals surface area contributed by atoms with E-state index in [0.29, 0.717) is 19.8 Å². The van der Waals surface area contributed by atoms with Crippen LogP contribution in [0.25, 0.3) is 0 Å². The third-order valence-electron chi connectivity index (χ3n) is 4.50. The Kier molecular flexibility index (Phi) is 5.94. The summed E-state index contributed by atoms with van der Waals surface area (Å²) in [6, 6.07) is 3.40. The number of nitrogens with one attached hydrogen (secondary N) is 1. The molecule has 2 rings (SSSR count). The largest absolute Gasteiger partial charge is 0.426 e. The predicted molar refractivity (Wildman–Crippen MR) is 90.8 cm³/mol. The average Bonchev–Trinajstić information content (AvgIpc) is 2.56. The van der Waals surface area contributed by atoms with Crippen LogP contribution in [0.15, 0.2) is 23.1 Å². The van der Waals surface area contributed by atoms with Crippen molar-refractivity contribution < 1.29 is 31.5 Å². The Labute approximate surface area is 154 Å². The van der Waals surface area contributed by atoms with Crippen LogP contribution in [0.4, 0.5) is 18.9 Å².